The van der Waals surface area contributed by atoms with Gasteiger partial charge in [-0.05, 0) is 24.5 Å². The Balaban J connectivity index is 1.70. The molecule has 0 aromatic heterocycles. The van der Waals surface area contributed by atoms with Crippen molar-refractivity contribution in [1.82, 2.24) is 5.32 Å². The minimum Gasteiger partial charge on any atom is -0.489 e. The topological polar surface area (TPSA) is 45.0 Å². The molecule has 0 spiro atoms. The molecule has 24 heavy (non-hydrogen) atoms. The highest BCUT2D eigenvalue weighted by molar-refractivity contribution is 5.39. The highest BCUT2D eigenvalue weighted by Gasteiger charge is 2.21. The average molecular weight is 320 g/mol. The van der Waals surface area contributed by atoms with Crippen LogP contribution < -0.4 is 10.1 Å². The van der Waals surface area contributed by atoms with E-state index in [-0.39, 0.29) is 6.04 Å². The summed E-state index contributed by atoms with van der Waals surface area (Å²) in [6, 6.07) is 20.5. The van der Waals surface area contributed by atoms with Gasteiger partial charge in [0, 0.05) is 11.6 Å². The van der Waals surface area contributed by atoms with Crippen LogP contribution in [-0.4, -0.2) is 6.04 Å². The quantitative estimate of drug-likeness (QED) is 0.835. The van der Waals surface area contributed by atoms with Crippen LogP contribution in [-0.2, 0) is 6.61 Å². The maximum absolute atomic E-state index is 9.65. The average Bonchev–Trinajstić information content (AvgIpc) is 2.66. The molecule has 1 atom stereocenters. The number of nitrogens with one attached hydrogen (secondary N) is 1. The van der Waals surface area contributed by atoms with E-state index in [1.54, 1.807) is 0 Å². The molecular weight excluding hydrogens is 296 g/mol. The van der Waals surface area contributed by atoms with E-state index in [0.29, 0.717) is 12.6 Å². The molecule has 0 amide bonds. The summed E-state index contributed by atoms with van der Waals surface area (Å²) in [7, 11) is 0. The predicted octanol–water partition coefficient (Wildman–Crippen LogP) is 4.75. The number of nitriles is 1. The summed E-state index contributed by atoms with van der Waals surface area (Å²) in [4.78, 5) is 0. The zero-order valence-electron chi connectivity index (χ0n) is 13.9. The largest absolute Gasteiger partial charge is 0.489 e. The van der Waals surface area contributed by atoms with Gasteiger partial charge in [-0.3, -0.25) is 5.32 Å². The predicted molar refractivity (Wildman–Crippen MR) is 95.6 cm³/mol. The van der Waals surface area contributed by atoms with Gasteiger partial charge in [0.15, 0.2) is 0 Å². The van der Waals surface area contributed by atoms with Crippen molar-refractivity contribution >= 4 is 0 Å². The number of para-hydroxylation sites is 1. The number of benzene rings is 2. The van der Waals surface area contributed by atoms with Crippen LogP contribution in [0.4, 0.5) is 0 Å². The molecule has 1 aliphatic rings. The first-order chi connectivity index (χ1) is 11.9. The van der Waals surface area contributed by atoms with Gasteiger partial charge in [0.2, 0.25) is 0 Å². The molecule has 0 bridgehead atoms. The van der Waals surface area contributed by atoms with Crippen molar-refractivity contribution in [2.75, 3.05) is 0 Å². The lowest BCUT2D eigenvalue weighted by Gasteiger charge is -2.26. The van der Waals surface area contributed by atoms with Crippen molar-refractivity contribution in [1.29, 1.82) is 5.26 Å². The first-order valence-electron chi connectivity index (χ1n) is 8.78. The summed E-state index contributed by atoms with van der Waals surface area (Å²) in [6.45, 7) is 0.513. The molecule has 1 saturated carbocycles. The summed E-state index contributed by atoms with van der Waals surface area (Å²) in [5, 5.41) is 13.2. The van der Waals surface area contributed by atoms with Crippen LogP contribution >= 0.6 is 0 Å². The van der Waals surface area contributed by atoms with E-state index in [2.05, 4.69) is 11.4 Å². The minimum absolute atomic E-state index is 0.319. The number of nitrogens with zero attached hydrogens (tertiary/aromatic N) is 1. The second-order valence-corrected chi connectivity index (χ2v) is 6.38. The van der Waals surface area contributed by atoms with Gasteiger partial charge < -0.3 is 4.74 Å². The first kappa shape index (κ1) is 16.5. The Labute approximate surface area is 144 Å². The number of rotatable bonds is 6. The number of ether oxygens (including phenoxy) is 1. The zero-order valence-corrected chi connectivity index (χ0v) is 13.9. The summed E-state index contributed by atoms with van der Waals surface area (Å²) >= 11 is 0. The Kier molecular flexibility index (Phi) is 5.87. The van der Waals surface area contributed by atoms with Crippen LogP contribution in [0.15, 0.2) is 54.6 Å². The molecule has 0 saturated heterocycles. The van der Waals surface area contributed by atoms with Gasteiger partial charge in [-0.15, -0.1) is 0 Å². The van der Waals surface area contributed by atoms with Crippen LogP contribution in [0.5, 0.6) is 5.75 Å². The SMILES string of the molecule is N#CC(NC1CCCCC1)c1ccccc1OCc1ccccc1. The van der Waals surface area contributed by atoms with Crippen LogP contribution in [0.25, 0.3) is 0 Å². The van der Waals surface area contributed by atoms with Crippen molar-refractivity contribution in [3.63, 3.8) is 0 Å². The molecule has 1 fully saturated rings. The molecule has 2 aromatic rings. The Morgan fingerprint density at radius 3 is 2.46 bits per heavy atom. The van der Waals surface area contributed by atoms with Crippen molar-refractivity contribution in [3.8, 4) is 11.8 Å². The Bertz CT molecular complexity index is 672. The van der Waals surface area contributed by atoms with Crippen molar-refractivity contribution in [3.05, 3.63) is 65.7 Å². The highest BCUT2D eigenvalue weighted by Crippen LogP contribution is 2.28. The molecule has 0 aliphatic heterocycles. The maximum Gasteiger partial charge on any atom is 0.125 e. The molecule has 124 valence electrons. The smallest absolute Gasteiger partial charge is 0.125 e. The van der Waals surface area contributed by atoms with Gasteiger partial charge in [-0.25, -0.2) is 0 Å². The Hall–Kier alpha value is -2.31. The van der Waals surface area contributed by atoms with Gasteiger partial charge in [-0.2, -0.15) is 5.26 Å². The van der Waals surface area contributed by atoms with E-state index >= 15 is 0 Å². The molecule has 1 unspecified atom stereocenters. The second kappa shape index (κ2) is 8.52. The van der Waals surface area contributed by atoms with Crippen LogP contribution in [0.3, 0.4) is 0 Å². The first-order valence-corrected chi connectivity index (χ1v) is 8.78. The molecule has 0 heterocycles. The van der Waals surface area contributed by atoms with Crippen LogP contribution in [0.1, 0.15) is 49.3 Å². The summed E-state index contributed by atoms with van der Waals surface area (Å²) in [5.74, 6) is 0.788. The van der Waals surface area contributed by atoms with E-state index in [0.717, 1.165) is 29.7 Å². The molecule has 3 heteroatoms. The molecule has 0 radical (unpaired) electrons. The number of hydrogen-bond donors (Lipinski definition) is 1. The third-order valence-electron chi connectivity index (χ3n) is 4.60. The van der Waals surface area contributed by atoms with Gasteiger partial charge in [-0.1, -0.05) is 67.8 Å². The minimum atomic E-state index is -0.319. The lowest BCUT2D eigenvalue weighted by atomic mass is 9.94. The van der Waals surface area contributed by atoms with E-state index in [1.807, 2.05) is 54.6 Å². The summed E-state index contributed by atoms with van der Waals surface area (Å²) < 4.78 is 6.00. The lowest BCUT2D eigenvalue weighted by molar-refractivity contribution is 0.297. The Morgan fingerprint density at radius 1 is 1.00 bits per heavy atom. The zero-order chi connectivity index (χ0) is 16.6. The van der Waals surface area contributed by atoms with Crippen LogP contribution in [0, 0.1) is 11.3 Å². The maximum atomic E-state index is 9.65. The summed E-state index contributed by atoms with van der Waals surface area (Å²) in [6.07, 6.45) is 6.13. The van der Waals surface area contributed by atoms with Gasteiger partial charge in [0.25, 0.3) is 0 Å². The van der Waals surface area contributed by atoms with Gasteiger partial charge in [0.1, 0.15) is 18.4 Å². The Morgan fingerprint density at radius 2 is 1.71 bits per heavy atom. The van der Waals surface area contributed by atoms with Gasteiger partial charge >= 0.3 is 0 Å². The second-order valence-electron chi connectivity index (χ2n) is 6.38. The normalized spacial score (nSPS) is 16.3. The van der Waals surface area contributed by atoms with E-state index < -0.39 is 0 Å². The summed E-state index contributed by atoms with van der Waals surface area (Å²) in [5.41, 5.74) is 2.06. The third kappa shape index (κ3) is 4.37. The van der Waals surface area contributed by atoms with Crippen molar-refractivity contribution in [2.24, 2.45) is 0 Å². The van der Waals surface area contributed by atoms with Crippen molar-refractivity contribution < 1.29 is 4.74 Å². The molecule has 3 rings (SSSR count). The monoisotopic (exact) mass is 320 g/mol. The fourth-order valence-electron chi connectivity index (χ4n) is 3.29. The number of hydrogen-bond acceptors (Lipinski definition) is 3. The lowest BCUT2D eigenvalue weighted by Crippen LogP contribution is -2.34. The molecular formula is C21H24N2O. The fourth-order valence-corrected chi connectivity index (χ4v) is 3.29. The third-order valence-corrected chi connectivity index (χ3v) is 4.60. The molecule has 3 nitrogen and oxygen atoms in total. The fraction of sp³-hybridized carbons (Fsp3) is 0.381. The van der Waals surface area contributed by atoms with Gasteiger partial charge in [0.05, 0.1) is 6.07 Å². The van der Waals surface area contributed by atoms with Crippen LogP contribution in [0.2, 0.25) is 0 Å². The van der Waals surface area contributed by atoms with Crippen molar-refractivity contribution in [2.45, 2.75) is 50.8 Å². The highest BCUT2D eigenvalue weighted by atomic mass is 16.5. The molecule has 2 aromatic carbocycles. The standard InChI is InChI=1S/C21H24N2O/c22-15-20(23-18-11-5-2-6-12-18)19-13-7-8-14-21(19)24-16-17-9-3-1-4-10-17/h1,3-4,7-10,13-14,18,20,23H,2,5-6,11-12,16H2. The van der Waals surface area contributed by atoms with E-state index in [9.17, 15) is 5.26 Å². The molecule has 1 N–H and O–H groups in total. The van der Waals surface area contributed by atoms with E-state index in [1.165, 1.54) is 19.3 Å². The molecule has 1 aliphatic carbocycles. The van der Waals surface area contributed by atoms with E-state index in [4.69, 9.17) is 4.74 Å².